The van der Waals surface area contributed by atoms with E-state index in [-0.39, 0.29) is 10.8 Å². The van der Waals surface area contributed by atoms with Gasteiger partial charge >= 0.3 is 0 Å². The maximum absolute atomic E-state index is 12.8. The van der Waals surface area contributed by atoms with Gasteiger partial charge in [0.2, 0.25) is 10.0 Å². The van der Waals surface area contributed by atoms with Crippen LogP contribution >= 0.6 is 0 Å². The summed E-state index contributed by atoms with van der Waals surface area (Å²) in [6, 6.07) is 4.73. The number of carbonyl (C=O) groups is 1. The highest BCUT2D eigenvalue weighted by Gasteiger charge is 2.28. The van der Waals surface area contributed by atoms with Gasteiger partial charge in [-0.1, -0.05) is 0 Å². The van der Waals surface area contributed by atoms with Crippen LogP contribution in [0.3, 0.4) is 0 Å². The minimum absolute atomic E-state index is 0.146. The molecule has 1 aromatic carbocycles. The Hall–Kier alpha value is -2.42. The van der Waals surface area contributed by atoms with E-state index in [2.05, 4.69) is 34.0 Å². The number of aryl methyl sites for hydroxylation is 1. The van der Waals surface area contributed by atoms with Crippen LogP contribution < -0.4 is 10.0 Å². The number of H-pyrrole nitrogens is 1. The number of hydrogen-bond acceptors (Lipinski definition) is 4. The zero-order chi connectivity index (χ0) is 22.2. The maximum Gasteiger partial charge on any atom is 0.256 e. The topological polar surface area (TPSA) is 94.3 Å². The Labute approximate surface area is 184 Å². The number of hydrogen-bond donors (Lipinski definition) is 3. The zero-order valence-electron chi connectivity index (χ0n) is 18.3. The largest absolute Gasteiger partial charge is 0.358 e. The second-order valence-corrected chi connectivity index (χ2v) is 10.4. The third-order valence-corrected chi connectivity index (χ3v) is 7.53. The van der Waals surface area contributed by atoms with E-state index < -0.39 is 10.0 Å². The standard InChI is InChI=1S/C23H30N4O3S/c1-24-31(29,30)15-10-11-21-18(13-15)19(23(28)26-21)14-22-17(8-6-12-27(2)3)16-7-4-5-9-20(16)25-22/h10-11,13-14,24-25H,4-9,12H2,1-3H3,(H,26,28). The summed E-state index contributed by atoms with van der Waals surface area (Å²) >= 11 is 0. The minimum Gasteiger partial charge on any atom is -0.358 e. The van der Waals surface area contributed by atoms with Crippen LogP contribution in [0.5, 0.6) is 0 Å². The number of benzene rings is 1. The first kappa shape index (κ1) is 21.8. The summed E-state index contributed by atoms with van der Waals surface area (Å²) < 4.78 is 26.9. The predicted octanol–water partition coefficient (Wildman–Crippen LogP) is 2.79. The Bertz CT molecular complexity index is 1150. The number of fused-ring (bicyclic) bond motifs is 2. The first-order valence-corrected chi connectivity index (χ1v) is 12.3. The van der Waals surface area contributed by atoms with Gasteiger partial charge in [0.1, 0.15) is 0 Å². The van der Waals surface area contributed by atoms with Gasteiger partial charge in [0.15, 0.2) is 0 Å². The average molecular weight is 443 g/mol. The molecule has 0 atom stereocenters. The number of nitrogens with zero attached hydrogens (tertiary/aromatic N) is 1. The fourth-order valence-electron chi connectivity index (χ4n) is 4.50. The van der Waals surface area contributed by atoms with Gasteiger partial charge in [-0.15, -0.1) is 0 Å². The molecule has 1 aromatic heterocycles. The number of rotatable bonds is 7. The molecule has 31 heavy (non-hydrogen) atoms. The fourth-order valence-corrected chi connectivity index (χ4v) is 5.25. The highest BCUT2D eigenvalue weighted by molar-refractivity contribution is 7.89. The van der Waals surface area contributed by atoms with Crippen LogP contribution in [0, 0.1) is 0 Å². The summed E-state index contributed by atoms with van der Waals surface area (Å²) in [5.41, 5.74) is 6.71. The van der Waals surface area contributed by atoms with Crippen LogP contribution in [0.25, 0.3) is 11.6 Å². The molecule has 0 saturated carbocycles. The van der Waals surface area contributed by atoms with Gasteiger partial charge in [0.05, 0.1) is 10.5 Å². The van der Waals surface area contributed by atoms with Crippen molar-refractivity contribution in [2.45, 2.75) is 43.4 Å². The summed E-state index contributed by atoms with van der Waals surface area (Å²) in [6.07, 6.45) is 8.37. The lowest BCUT2D eigenvalue weighted by molar-refractivity contribution is -0.110. The number of carbonyl (C=O) groups excluding carboxylic acids is 1. The van der Waals surface area contributed by atoms with Crippen molar-refractivity contribution >= 4 is 33.3 Å². The molecule has 0 saturated heterocycles. The molecular formula is C23H30N4O3S. The van der Waals surface area contributed by atoms with Crippen molar-refractivity contribution in [2.75, 3.05) is 33.0 Å². The third kappa shape index (κ3) is 4.33. The van der Waals surface area contributed by atoms with Gasteiger partial charge in [0, 0.05) is 22.6 Å². The van der Waals surface area contributed by atoms with Crippen LogP contribution in [-0.4, -0.2) is 51.9 Å². The van der Waals surface area contributed by atoms with E-state index in [9.17, 15) is 13.2 Å². The summed E-state index contributed by atoms with van der Waals surface area (Å²) in [5, 5.41) is 2.86. The summed E-state index contributed by atoms with van der Waals surface area (Å²) in [6.45, 7) is 1.00. The number of aromatic amines is 1. The molecule has 2 heterocycles. The molecule has 2 aromatic rings. The van der Waals surface area contributed by atoms with Gasteiger partial charge in [-0.3, -0.25) is 4.79 Å². The molecule has 0 unspecified atom stereocenters. The van der Waals surface area contributed by atoms with Crippen LogP contribution in [0.15, 0.2) is 23.1 Å². The highest BCUT2D eigenvalue weighted by Crippen LogP contribution is 2.36. The number of amides is 1. The second kappa shape index (κ2) is 8.61. The van der Waals surface area contributed by atoms with Crippen molar-refractivity contribution in [1.82, 2.24) is 14.6 Å². The van der Waals surface area contributed by atoms with Crippen LogP contribution in [0.4, 0.5) is 5.69 Å². The monoisotopic (exact) mass is 442 g/mol. The number of anilines is 1. The Morgan fingerprint density at radius 1 is 1.19 bits per heavy atom. The lowest BCUT2D eigenvalue weighted by Crippen LogP contribution is -2.18. The molecule has 2 aliphatic rings. The predicted molar refractivity (Wildman–Crippen MR) is 123 cm³/mol. The molecule has 0 fully saturated rings. The quantitative estimate of drug-likeness (QED) is 0.575. The van der Waals surface area contributed by atoms with E-state index >= 15 is 0 Å². The molecule has 7 nitrogen and oxygen atoms in total. The van der Waals surface area contributed by atoms with Crippen molar-refractivity contribution in [3.05, 3.63) is 46.3 Å². The number of sulfonamides is 1. The van der Waals surface area contributed by atoms with Gasteiger partial charge in [-0.05, 0) is 102 Å². The number of nitrogens with one attached hydrogen (secondary N) is 3. The molecule has 1 aliphatic carbocycles. The molecule has 1 aliphatic heterocycles. The van der Waals surface area contributed by atoms with Crippen molar-refractivity contribution in [3.63, 3.8) is 0 Å². The molecule has 1 amide bonds. The Morgan fingerprint density at radius 2 is 1.97 bits per heavy atom. The zero-order valence-corrected chi connectivity index (χ0v) is 19.2. The Morgan fingerprint density at radius 3 is 2.71 bits per heavy atom. The maximum atomic E-state index is 12.8. The minimum atomic E-state index is -3.59. The van der Waals surface area contributed by atoms with E-state index in [0.29, 0.717) is 16.8 Å². The molecule has 4 rings (SSSR count). The van der Waals surface area contributed by atoms with E-state index in [1.54, 1.807) is 12.1 Å². The van der Waals surface area contributed by atoms with Gasteiger partial charge in [-0.2, -0.15) is 0 Å². The van der Waals surface area contributed by atoms with Crippen LogP contribution in [-0.2, 0) is 34.1 Å². The van der Waals surface area contributed by atoms with Gasteiger partial charge < -0.3 is 15.2 Å². The van der Waals surface area contributed by atoms with Crippen LogP contribution in [0.2, 0.25) is 0 Å². The molecule has 166 valence electrons. The Kier molecular flexibility index (Phi) is 6.05. The van der Waals surface area contributed by atoms with E-state index in [4.69, 9.17) is 0 Å². The molecule has 0 radical (unpaired) electrons. The molecule has 0 spiro atoms. The van der Waals surface area contributed by atoms with E-state index in [1.165, 1.54) is 42.8 Å². The van der Waals surface area contributed by atoms with E-state index in [1.807, 2.05) is 6.08 Å². The normalized spacial score (nSPS) is 17.2. The van der Waals surface area contributed by atoms with Crippen molar-refractivity contribution < 1.29 is 13.2 Å². The van der Waals surface area contributed by atoms with Crippen molar-refractivity contribution in [3.8, 4) is 0 Å². The average Bonchev–Trinajstić information content (AvgIpc) is 3.25. The lowest BCUT2D eigenvalue weighted by atomic mass is 9.92. The first-order chi connectivity index (χ1) is 14.8. The molecule has 3 N–H and O–H groups in total. The first-order valence-electron chi connectivity index (χ1n) is 10.8. The molecule has 0 bridgehead atoms. The molecule has 8 heteroatoms. The Balaban J connectivity index is 1.76. The highest BCUT2D eigenvalue weighted by atomic mass is 32.2. The fraction of sp³-hybridized carbons (Fsp3) is 0.435. The SMILES string of the molecule is CNS(=O)(=O)c1ccc2c(c1)C(=Cc1[nH]c3c(c1CCCN(C)C)CCCC3)C(=O)N2. The summed E-state index contributed by atoms with van der Waals surface area (Å²) in [7, 11) is 1.94. The van der Waals surface area contributed by atoms with Crippen LogP contribution in [0.1, 0.15) is 47.3 Å². The summed E-state index contributed by atoms with van der Waals surface area (Å²) in [4.78, 5) is 18.7. The van der Waals surface area contributed by atoms with Crippen molar-refractivity contribution in [1.29, 1.82) is 0 Å². The van der Waals surface area contributed by atoms with Crippen molar-refractivity contribution in [2.24, 2.45) is 0 Å². The molecular weight excluding hydrogens is 412 g/mol. The summed E-state index contributed by atoms with van der Waals surface area (Å²) in [5.74, 6) is -0.208. The smallest absolute Gasteiger partial charge is 0.256 e. The third-order valence-electron chi connectivity index (χ3n) is 6.12. The van der Waals surface area contributed by atoms with Gasteiger partial charge in [-0.25, -0.2) is 13.1 Å². The number of aromatic nitrogens is 1. The second-order valence-electron chi connectivity index (χ2n) is 8.52. The van der Waals surface area contributed by atoms with E-state index in [0.717, 1.165) is 37.9 Å². The lowest BCUT2D eigenvalue weighted by Gasteiger charge is -2.14. The van der Waals surface area contributed by atoms with Gasteiger partial charge in [0.25, 0.3) is 5.91 Å².